The van der Waals surface area contributed by atoms with Crippen LogP contribution < -0.4 is 5.32 Å². The second-order valence-corrected chi connectivity index (χ2v) is 5.76. The van der Waals surface area contributed by atoms with E-state index in [-0.39, 0.29) is 5.92 Å². The summed E-state index contributed by atoms with van der Waals surface area (Å²) >= 11 is 0. The molecule has 0 amide bonds. The molecule has 5 nitrogen and oxygen atoms in total. The van der Waals surface area contributed by atoms with Crippen molar-refractivity contribution in [3.05, 3.63) is 29.9 Å². The Balaban J connectivity index is 2.31. The highest BCUT2D eigenvalue weighted by atomic mass is 16.5. The number of hydrogen-bond donors (Lipinski definition) is 1. The summed E-state index contributed by atoms with van der Waals surface area (Å²) in [6.45, 7) is 11.6. The Bertz CT molecular complexity index is 579. The number of nitrogens with zero attached hydrogens (tertiary/aromatic N) is 3. The molecule has 0 spiro atoms. The highest BCUT2D eigenvalue weighted by molar-refractivity contribution is 5.57. The van der Waals surface area contributed by atoms with Crippen molar-refractivity contribution in [1.82, 2.24) is 20.4 Å². The number of nitrogens with one attached hydrogen (secondary N) is 1. The second kappa shape index (κ2) is 6.80. The first-order valence-electron chi connectivity index (χ1n) is 7.52. The van der Waals surface area contributed by atoms with E-state index >= 15 is 0 Å². The largest absolute Gasteiger partial charge is 0.339 e. The summed E-state index contributed by atoms with van der Waals surface area (Å²) in [5.74, 6) is 1.92. The Kier molecular flexibility index (Phi) is 5.07. The molecule has 0 bridgehead atoms. The van der Waals surface area contributed by atoms with Crippen LogP contribution in [-0.4, -0.2) is 27.7 Å². The van der Waals surface area contributed by atoms with Crippen molar-refractivity contribution in [2.45, 2.75) is 46.6 Å². The minimum Gasteiger partial charge on any atom is -0.339 e. The summed E-state index contributed by atoms with van der Waals surface area (Å²) in [7, 11) is 0. The molecule has 114 valence electrons. The molecule has 2 aromatic rings. The Hall–Kier alpha value is -1.75. The van der Waals surface area contributed by atoms with Crippen LogP contribution in [0.2, 0.25) is 0 Å². The Morgan fingerprint density at radius 3 is 2.67 bits per heavy atom. The Labute approximate surface area is 126 Å². The van der Waals surface area contributed by atoms with Gasteiger partial charge in [0.25, 0.3) is 0 Å². The van der Waals surface area contributed by atoms with Gasteiger partial charge in [-0.15, -0.1) is 0 Å². The molecule has 1 N–H and O–H groups in total. The zero-order chi connectivity index (χ0) is 15.4. The Morgan fingerprint density at radius 1 is 1.29 bits per heavy atom. The minimum absolute atomic E-state index is 0.197. The molecule has 0 radical (unpaired) electrons. The molecular weight excluding hydrogens is 264 g/mol. The molecule has 0 fully saturated rings. The Morgan fingerprint density at radius 2 is 2.05 bits per heavy atom. The lowest BCUT2D eigenvalue weighted by Crippen LogP contribution is -2.34. The minimum atomic E-state index is 0.197. The van der Waals surface area contributed by atoms with E-state index in [1.54, 1.807) is 12.4 Å². The van der Waals surface area contributed by atoms with E-state index < -0.39 is 0 Å². The molecular formula is C16H24N4O. The fourth-order valence-corrected chi connectivity index (χ4v) is 2.70. The van der Waals surface area contributed by atoms with Crippen LogP contribution in [0.25, 0.3) is 11.4 Å². The maximum atomic E-state index is 5.54. The predicted molar refractivity (Wildman–Crippen MR) is 83.0 cm³/mol. The molecule has 0 aliphatic heterocycles. The van der Waals surface area contributed by atoms with Gasteiger partial charge < -0.3 is 9.84 Å². The summed E-state index contributed by atoms with van der Waals surface area (Å²) in [6, 6.07) is 2.24. The van der Waals surface area contributed by atoms with Crippen molar-refractivity contribution >= 4 is 0 Å². The molecule has 0 aromatic carbocycles. The average Bonchev–Trinajstić information content (AvgIpc) is 2.88. The first kappa shape index (κ1) is 15.6. The summed E-state index contributed by atoms with van der Waals surface area (Å²) in [5, 5.41) is 7.58. The lowest BCUT2D eigenvalue weighted by molar-refractivity contribution is 0.281. The SMILES string of the molecule is CCNC(C)C(c1nc(-c2cnccc2C)no1)C(C)C. The topological polar surface area (TPSA) is 63.8 Å². The molecule has 2 rings (SSSR count). The molecule has 0 aliphatic rings. The van der Waals surface area contributed by atoms with Crippen molar-refractivity contribution in [2.75, 3.05) is 6.54 Å². The van der Waals surface area contributed by atoms with Crippen LogP contribution in [0.4, 0.5) is 0 Å². The zero-order valence-corrected chi connectivity index (χ0v) is 13.4. The third-order valence-corrected chi connectivity index (χ3v) is 3.79. The molecule has 0 saturated heterocycles. The number of aryl methyl sites for hydroxylation is 1. The van der Waals surface area contributed by atoms with E-state index in [2.05, 4.69) is 48.1 Å². The standard InChI is InChI=1S/C16H24N4O/c1-6-18-12(5)14(10(2)3)16-19-15(20-21-16)13-9-17-8-7-11(13)4/h7-10,12,14,18H,6H2,1-5H3. The fraction of sp³-hybridized carbons (Fsp3) is 0.562. The van der Waals surface area contributed by atoms with E-state index in [0.717, 1.165) is 17.7 Å². The van der Waals surface area contributed by atoms with Gasteiger partial charge in [0.05, 0.1) is 5.92 Å². The third-order valence-electron chi connectivity index (χ3n) is 3.79. The van der Waals surface area contributed by atoms with Crippen LogP contribution in [-0.2, 0) is 0 Å². The van der Waals surface area contributed by atoms with Gasteiger partial charge in [-0.25, -0.2) is 0 Å². The van der Waals surface area contributed by atoms with Crippen LogP contribution in [0.1, 0.15) is 45.1 Å². The smallest absolute Gasteiger partial charge is 0.231 e. The van der Waals surface area contributed by atoms with Crippen molar-refractivity contribution in [1.29, 1.82) is 0 Å². The highest BCUT2D eigenvalue weighted by Crippen LogP contribution is 2.29. The lowest BCUT2D eigenvalue weighted by atomic mass is 9.89. The molecule has 21 heavy (non-hydrogen) atoms. The molecule has 2 atom stereocenters. The lowest BCUT2D eigenvalue weighted by Gasteiger charge is -2.24. The van der Waals surface area contributed by atoms with Gasteiger partial charge in [0, 0.05) is 24.0 Å². The molecule has 2 aromatic heterocycles. The van der Waals surface area contributed by atoms with Gasteiger partial charge in [-0.1, -0.05) is 25.9 Å². The van der Waals surface area contributed by atoms with Crippen molar-refractivity contribution < 1.29 is 4.52 Å². The van der Waals surface area contributed by atoms with Gasteiger partial charge in [0.15, 0.2) is 0 Å². The number of likely N-dealkylation sites (N-methyl/N-ethyl adjacent to an activating group) is 1. The van der Waals surface area contributed by atoms with Gasteiger partial charge in [-0.05, 0) is 37.9 Å². The maximum absolute atomic E-state index is 5.54. The monoisotopic (exact) mass is 288 g/mol. The first-order chi connectivity index (χ1) is 10.0. The number of pyridine rings is 1. The van der Waals surface area contributed by atoms with Crippen molar-refractivity contribution in [3.8, 4) is 11.4 Å². The van der Waals surface area contributed by atoms with Crippen LogP contribution in [0.15, 0.2) is 23.0 Å². The molecule has 5 heteroatoms. The van der Waals surface area contributed by atoms with E-state index in [1.165, 1.54) is 0 Å². The summed E-state index contributed by atoms with van der Waals surface area (Å²) in [6.07, 6.45) is 3.55. The quantitative estimate of drug-likeness (QED) is 0.884. The van der Waals surface area contributed by atoms with Gasteiger partial charge in [-0.3, -0.25) is 4.98 Å². The van der Waals surface area contributed by atoms with Crippen molar-refractivity contribution in [3.63, 3.8) is 0 Å². The normalized spacial score (nSPS) is 14.4. The van der Waals surface area contributed by atoms with Crippen LogP contribution in [0.3, 0.4) is 0 Å². The molecule has 0 aliphatic carbocycles. The van der Waals surface area contributed by atoms with E-state index in [4.69, 9.17) is 4.52 Å². The number of rotatable bonds is 6. The fourth-order valence-electron chi connectivity index (χ4n) is 2.70. The molecule has 0 saturated carbocycles. The van der Waals surface area contributed by atoms with Gasteiger partial charge in [0.2, 0.25) is 11.7 Å². The number of hydrogen-bond acceptors (Lipinski definition) is 5. The summed E-state index contributed by atoms with van der Waals surface area (Å²) in [4.78, 5) is 8.75. The third kappa shape index (κ3) is 3.47. The second-order valence-electron chi connectivity index (χ2n) is 5.76. The average molecular weight is 288 g/mol. The molecule has 2 unspecified atom stereocenters. The van der Waals surface area contributed by atoms with E-state index in [0.29, 0.717) is 23.7 Å². The zero-order valence-electron chi connectivity index (χ0n) is 13.4. The number of aromatic nitrogens is 3. The maximum Gasteiger partial charge on any atom is 0.231 e. The summed E-state index contributed by atoms with van der Waals surface area (Å²) in [5.41, 5.74) is 2.02. The van der Waals surface area contributed by atoms with Crippen LogP contribution >= 0.6 is 0 Å². The van der Waals surface area contributed by atoms with E-state index in [1.807, 2.05) is 13.0 Å². The van der Waals surface area contributed by atoms with Gasteiger partial charge in [-0.2, -0.15) is 4.98 Å². The highest BCUT2D eigenvalue weighted by Gasteiger charge is 2.28. The van der Waals surface area contributed by atoms with E-state index in [9.17, 15) is 0 Å². The molecule has 2 heterocycles. The van der Waals surface area contributed by atoms with Gasteiger partial charge >= 0.3 is 0 Å². The van der Waals surface area contributed by atoms with Crippen molar-refractivity contribution in [2.24, 2.45) is 5.92 Å². The summed E-state index contributed by atoms with van der Waals surface area (Å²) < 4.78 is 5.54. The van der Waals surface area contributed by atoms with Crippen LogP contribution in [0, 0.1) is 12.8 Å². The van der Waals surface area contributed by atoms with Crippen LogP contribution in [0.5, 0.6) is 0 Å². The predicted octanol–water partition coefficient (Wildman–Crippen LogP) is 3.18. The first-order valence-corrected chi connectivity index (χ1v) is 7.52. The van der Waals surface area contributed by atoms with Gasteiger partial charge in [0.1, 0.15) is 0 Å².